The predicted octanol–water partition coefficient (Wildman–Crippen LogP) is 3.38. The van der Waals surface area contributed by atoms with Crippen molar-refractivity contribution in [1.82, 2.24) is 10.3 Å². The van der Waals surface area contributed by atoms with Crippen LogP contribution in [0.4, 0.5) is 0 Å². The monoisotopic (exact) mass is 314 g/mol. The fraction of sp³-hybridized carbons (Fsp3) is 0.176. The lowest BCUT2D eigenvalue weighted by Crippen LogP contribution is -2.27. The van der Waals surface area contributed by atoms with Crippen molar-refractivity contribution in [2.75, 3.05) is 6.54 Å². The van der Waals surface area contributed by atoms with Gasteiger partial charge in [-0.15, -0.1) is 0 Å². The van der Waals surface area contributed by atoms with Gasteiger partial charge in [-0.05, 0) is 41.8 Å². The summed E-state index contributed by atoms with van der Waals surface area (Å²) in [6, 6.07) is 13.2. The van der Waals surface area contributed by atoms with E-state index in [2.05, 4.69) is 10.3 Å². The Kier molecular flexibility index (Phi) is 4.39. The first-order valence-corrected chi connectivity index (χ1v) is 7.42. The molecule has 1 heterocycles. The third-order valence-corrected chi connectivity index (χ3v) is 3.66. The van der Waals surface area contributed by atoms with Gasteiger partial charge in [0, 0.05) is 11.6 Å². The Morgan fingerprint density at radius 2 is 1.91 bits per heavy atom. The minimum atomic E-state index is 0.00284. The van der Waals surface area contributed by atoms with Crippen LogP contribution in [0.5, 0.6) is 0 Å². The lowest BCUT2D eigenvalue weighted by atomic mass is 10.1. The second kappa shape index (κ2) is 6.62. The van der Waals surface area contributed by atoms with Crippen LogP contribution in [-0.2, 0) is 17.6 Å². The van der Waals surface area contributed by atoms with Crippen molar-refractivity contribution in [2.45, 2.75) is 12.8 Å². The highest BCUT2D eigenvalue weighted by atomic mass is 35.5. The number of amides is 1. The molecule has 0 atom stereocenters. The third-order valence-electron chi connectivity index (χ3n) is 3.41. The summed E-state index contributed by atoms with van der Waals surface area (Å²) in [6.45, 7) is 0.589. The van der Waals surface area contributed by atoms with E-state index in [4.69, 9.17) is 16.0 Å². The van der Waals surface area contributed by atoms with Crippen LogP contribution in [0.15, 0.2) is 53.3 Å². The summed E-state index contributed by atoms with van der Waals surface area (Å²) in [5, 5.41) is 3.59. The van der Waals surface area contributed by atoms with E-state index in [1.807, 2.05) is 30.3 Å². The first-order chi connectivity index (χ1) is 10.7. The molecule has 1 aromatic heterocycles. The Hall–Kier alpha value is -2.33. The molecule has 1 amide bonds. The molecule has 0 fully saturated rings. The van der Waals surface area contributed by atoms with Crippen LogP contribution in [0.1, 0.15) is 11.1 Å². The normalized spacial score (nSPS) is 10.8. The van der Waals surface area contributed by atoms with E-state index in [9.17, 15) is 4.79 Å². The summed E-state index contributed by atoms with van der Waals surface area (Å²) < 4.78 is 5.27. The maximum Gasteiger partial charge on any atom is 0.224 e. The van der Waals surface area contributed by atoms with E-state index >= 15 is 0 Å². The van der Waals surface area contributed by atoms with Crippen LogP contribution < -0.4 is 5.32 Å². The van der Waals surface area contributed by atoms with Gasteiger partial charge in [-0.25, -0.2) is 4.98 Å². The Balaban J connectivity index is 1.49. The molecule has 0 saturated heterocycles. The molecule has 0 saturated carbocycles. The van der Waals surface area contributed by atoms with Gasteiger partial charge in [-0.3, -0.25) is 4.79 Å². The summed E-state index contributed by atoms with van der Waals surface area (Å²) in [6.07, 6.45) is 2.55. The highest BCUT2D eigenvalue weighted by Gasteiger charge is 2.04. The number of halogens is 1. The fourth-order valence-electron chi connectivity index (χ4n) is 2.25. The quantitative estimate of drug-likeness (QED) is 0.785. The van der Waals surface area contributed by atoms with E-state index < -0.39 is 0 Å². The number of oxazole rings is 1. The van der Waals surface area contributed by atoms with Gasteiger partial charge < -0.3 is 9.73 Å². The van der Waals surface area contributed by atoms with E-state index in [0.717, 1.165) is 28.6 Å². The van der Waals surface area contributed by atoms with Gasteiger partial charge in [0.25, 0.3) is 0 Å². The third kappa shape index (κ3) is 3.65. The number of hydrogen-bond donors (Lipinski definition) is 1. The van der Waals surface area contributed by atoms with Crippen LogP contribution in [0.25, 0.3) is 11.1 Å². The van der Waals surface area contributed by atoms with Crippen molar-refractivity contribution in [1.29, 1.82) is 0 Å². The standard InChI is InChI=1S/C17H15ClN2O2/c18-14-4-1-12(2-5-14)10-17(21)19-8-7-13-3-6-15-16(9-13)22-11-20-15/h1-6,9,11H,7-8,10H2,(H,19,21). The van der Waals surface area contributed by atoms with Gasteiger partial charge >= 0.3 is 0 Å². The van der Waals surface area contributed by atoms with Crippen LogP contribution in [0.2, 0.25) is 5.02 Å². The molecule has 22 heavy (non-hydrogen) atoms. The maximum atomic E-state index is 11.9. The number of hydrogen-bond acceptors (Lipinski definition) is 3. The number of carbonyl (C=O) groups is 1. The second-order valence-electron chi connectivity index (χ2n) is 5.06. The fourth-order valence-corrected chi connectivity index (χ4v) is 2.38. The van der Waals surface area contributed by atoms with E-state index in [1.165, 1.54) is 6.39 Å². The molecule has 0 spiro atoms. The van der Waals surface area contributed by atoms with Gasteiger partial charge in [0.15, 0.2) is 12.0 Å². The van der Waals surface area contributed by atoms with Gasteiger partial charge in [0.2, 0.25) is 5.91 Å². The van der Waals surface area contributed by atoms with Crippen molar-refractivity contribution < 1.29 is 9.21 Å². The van der Waals surface area contributed by atoms with Gasteiger partial charge in [-0.2, -0.15) is 0 Å². The average Bonchev–Trinajstić information content (AvgIpc) is 2.97. The molecular weight excluding hydrogens is 300 g/mol. The Bertz CT molecular complexity index is 781. The van der Waals surface area contributed by atoms with Crippen LogP contribution in [0.3, 0.4) is 0 Å². The number of aromatic nitrogens is 1. The molecule has 0 unspecified atom stereocenters. The van der Waals surface area contributed by atoms with Crippen molar-refractivity contribution in [2.24, 2.45) is 0 Å². The molecule has 0 bridgehead atoms. The van der Waals surface area contributed by atoms with Gasteiger partial charge in [-0.1, -0.05) is 29.8 Å². The highest BCUT2D eigenvalue weighted by Crippen LogP contribution is 2.14. The molecule has 0 aliphatic rings. The first-order valence-electron chi connectivity index (χ1n) is 7.04. The summed E-state index contributed by atoms with van der Waals surface area (Å²) in [5.74, 6) is 0.00284. The number of benzene rings is 2. The Morgan fingerprint density at radius 1 is 1.14 bits per heavy atom. The average molecular weight is 315 g/mol. The molecule has 0 radical (unpaired) electrons. The zero-order chi connectivity index (χ0) is 15.4. The first kappa shape index (κ1) is 14.6. The highest BCUT2D eigenvalue weighted by molar-refractivity contribution is 6.30. The van der Waals surface area contributed by atoms with Crippen LogP contribution >= 0.6 is 11.6 Å². The number of rotatable bonds is 5. The van der Waals surface area contributed by atoms with E-state index in [0.29, 0.717) is 18.0 Å². The van der Waals surface area contributed by atoms with Crippen molar-refractivity contribution in [3.05, 3.63) is 65.0 Å². The number of nitrogens with one attached hydrogen (secondary N) is 1. The minimum absolute atomic E-state index is 0.00284. The van der Waals surface area contributed by atoms with Gasteiger partial charge in [0.1, 0.15) is 5.52 Å². The molecule has 1 N–H and O–H groups in total. The molecular formula is C17H15ClN2O2. The van der Waals surface area contributed by atoms with Crippen LogP contribution in [0, 0.1) is 0 Å². The summed E-state index contributed by atoms with van der Waals surface area (Å²) in [4.78, 5) is 16.0. The van der Waals surface area contributed by atoms with Crippen molar-refractivity contribution >= 4 is 28.6 Å². The predicted molar refractivity (Wildman–Crippen MR) is 85.9 cm³/mol. The molecule has 5 heteroatoms. The topological polar surface area (TPSA) is 55.1 Å². The zero-order valence-electron chi connectivity index (χ0n) is 11.9. The molecule has 112 valence electrons. The number of carbonyl (C=O) groups excluding carboxylic acids is 1. The molecule has 4 nitrogen and oxygen atoms in total. The van der Waals surface area contributed by atoms with Crippen molar-refractivity contribution in [3.8, 4) is 0 Å². The minimum Gasteiger partial charge on any atom is -0.443 e. The number of nitrogens with zero attached hydrogens (tertiary/aromatic N) is 1. The largest absolute Gasteiger partial charge is 0.443 e. The van der Waals surface area contributed by atoms with Gasteiger partial charge in [0.05, 0.1) is 6.42 Å². The second-order valence-corrected chi connectivity index (χ2v) is 5.49. The Labute approximate surface area is 133 Å². The molecule has 0 aliphatic heterocycles. The summed E-state index contributed by atoms with van der Waals surface area (Å²) >= 11 is 5.82. The lowest BCUT2D eigenvalue weighted by Gasteiger charge is -2.06. The van der Waals surface area contributed by atoms with E-state index in [1.54, 1.807) is 12.1 Å². The lowest BCUT2D eigenvalue weighted by molar-refractivity contribution is -0.120. The number of fused-ring (bicyclic) bond motifs is 1. The smallest absolute Gasteiger partial charge is 0.224 e. The summed E-state index contributed by atoms with van der Waals surface area (Å²) in [5.41, 5.74) is 3.67. The van der Waals surface area contributed by atoms with Crippen LogP contribution in [-0.4, -0.2) is 17.4 Å². The molecule has 0 aliphatic carbocycles. The molecule has 3 aromatic rings. The molecule has 3 rings (SSSR count). The molecule has 2 aromatic carbocycles. The zero-order valence-corrected chi connectivity index (χ0v) is 12.6. The van der Waals surface area contributed by atoms with E-state index in [-0.39, 0.29) is 5.91 Å². The maximum absolute atomic E-state index is 11.9. The summed E-state index contributed by atoms with van der Waals surface area (Å²) in [7, 11) is 0. The SMILES string of the molecule is O=C(Cc1ccc(Cl)cc1)NCCc1ccc2ncoc2c1. The Morgan fingerprint density at radius 3 is 2.73 bits per heavy atom. The van der Waals surface area contributed by atoms with Crippen molar-refractivity contribution in [3.63, 3.8) is 0 Å².